The lowest BCUT2D eigenvalue weighted by molar-refractivity contribution is 0.0723. The number of amides is 1. The van der Waals surface area contributed by atoms with Crippen LogP contribution in [0.4, 0.5) is 0 Å². The molecule has 0 aliphatic rings. The molecule has 0 radical (unpaired) electrons. The van der Waals surface area contributed by atoms with Crippen molar-refractivity contribution in [1.82, 2.24) is 4.90 Å². The van der Waals surface area contributed by atoms with Crippen LogP contribution < -0.4 is 0 Å². The molecule has 2 aromatic rings. The molecule has 0 saturated carbocycles. The molecule has 22 heavy (non-hydrogen) atoms. The Balaban J connectivity index is 2.12. The molecule has 116 valence electrons. The second-order valence-electron chi connectivity index (χ2n) is 5.57. The molecular formula is C19H23NO2. The van der Waals surface area contributed by atoms with E-state index in [1.807, 2.05) is 50.2 Å². The van der Waals surface area contributed by atoms with Crippen LogP contribution in [0.5, 0.6) is 0 Å². The van der Waals surface area contributed by atoms with Crippen molar-refractivity contribution in [3.63, 3.8) is 0 Å². The summed E-state index contributed by atoms with van der Waals surface area (Å²) in [6, 6.07) is 16.0. The Labute approximate surface area is 132 Å². The van der Waals surface area contributed by atoms with Gasteiger partial charge in [0.15, 0.2) is 0 Å². The maximum Gasteiger partial charge on any atom is 0.254 e. The Morgan fingerprint density at radius 1 is 1.05 bits per heavy atom. The molecule has 0 aromatic heterocycles. The van der Waals surface area contributed by atoms with Crippen LogP contribution in [0.2, 0.25) is 0 Å². The molecule has 0 aliphatic heterocycles. The van der Waals surface area contributed by atoms with Gasteiger partial charge in [0.05, 0.1) is 6.61 Å². The molecule has 0 bridgehead atoms. The van der Waals surface area contributed by atoms with Crippen molar-refractivity contribution in [2.24, 2.45) is 0 Å². The van der Waals surface area contributed by atoms with Gasteiger partial charge in [0.2, 0.25) is 0 Å². The molecule has 0 atom stereocenters. The number of carbonyl (C=O) groups is 1. The first kappa shape index (κ1) is 16.2. The predicted octanol–water partition coefficient (Wildman–Crippen LogP) is 2.98. The summed E-state index contributed by atoms with van der Waals surface area (Å²) in [6.45, 7) is 4.87. The summed E-state index contributed by atoms with van der Waals surface area (Å²) in [5.41, 5.74) is 3.96. The van der Waals surface area contributed by atoms with Gasteiger partial charge in [0, 0.05) is 18.7 Å². The smallest absolute Gasteiger partial charge is 0.254 e. The normalized spacial score (nSPS) is 10.5. The second-order valence-corrected chi connectivity index (χ2v) is 5.57. The molecule has 2 rings (SSSR count). The Morgan fingerprint density at radius 3 is 2.45 bits per heavy atom. The molecule has 0 unspecified atom stereocenters. The summed E-state index contributed by atoms with van der Waals surface area (Å²) in [4.78, 5) is 14.5. The first-order chi connectivity index (χ1) is 10.6. The zero-order valence-electron chi connectivity index (χ0n) is 13.2. The van der Waals surface area contributed by atoms with Crippen LogP contribution in [0.1, 0.15) is 27.0 Å². The summed E-state index contributed by atoms with van der Waals surface area (Å²) in [5.74, 6) is -0.00817. The third-order valence-corrected chi connectivity index (χ3v) is 3.79. The Bertz CT molecular complexity index is 623. The topological polar surface area (TPSA) is 40.5 Å². The number of hydrogen-bond donors (Lipinski definition) is 1. The van der Waals surface area contributed by atoms with Crippen molar-refractivity contribution in [1.29, 1.82) is 0 Å². The summed E-state index contributed by atoms with van der Waals surface area (Å²) >= 11 is 0. The van der Waals surface area contributed by atoms with Gasteiger partial charge in [-0.1, -0.05) is 48.0 Å². The Hall–Kier alpha value is -2.13. The Kier molecular flexibility index (Phi) is 5.73. The van der Waals surface area contributed by atoms with E-state index < -0.39 is 0 Å². The largest absolute Gasteiger partial charge is 0.395 e. The molecule has 0 heterocycles. The van der Waals surface area contributed by atoms with Gasteiger partial charge in [-0.25, -0.2) is 0 Å². The first-order valence-electron chi connectivity index (χ1n) is 7.63. The van der Waals surface area contributed by atoms with E-state index in [4.69, 9.17) is 0 Å². The molecule has 0 aliphatic carbocycles. The van der Waals surface area contributed by atoms with E-state index in [-0.39, 0.29) is 12.5 Å². The van der Waals surface area contributed by atoms with Crippen molar-refractivity contribution in [3.8, 4) is 0 Å². The molecule has 0 saturated heterocycles. The molecular weight excluding hydrogens is 274 g/mol. The number of benzene rings is 2. The average molecular weight is 297 g/mol. The maximum atomic E-state index is 12.7. The zero-order valence-corrected chi connectivity index (χ0v) is 13.2. The molecule has 0 fully saturated rings. The molecule has 2 aromatic carbocycles. The van der Waals surface area contributed by atoms with Gasteiger partial charge in [-0.05, 0) is 37.5 Å². The highest BCUT2D eigenvalue weighted by Gasteiger charge is 2.17. The lowest BCUT2D eigenvalue weighted by Crippen LogP contribution is -2.35. The van der Waals surface area contributed by atoms with Crippen molar-refractivity contribution >= 4 is 5.91 Å². The van der Waals surface area contributed by atoms with E-state index in [2.05, 4.69) is 12.1 Å². The fourth-order valence-electron chi connectivity index (χ4n) is 2.48. The third kappa shape index (κ3) is 4.18. The standard InChI is InChI=1S/C19H23NO2/c1-15-8-9-16(2)18(14-15)19(22)20(12-13-21)11-10-17-6-4-3-5-7-17/h3-9,14,21H,10-13H2,1-2H3. The number of aliphatic hydroxyl groups excluding tert-OH is 1. The lowest BCUT2D eigenvalue weighted by atomic mass is 10.0. The van der Waals surface area contributed by atoms with Gasteiger partial charge in [0.25, 0.3) is 5.91 Å². The van der Waals surface area contributed by atoms with Gasteiger partial charge in [-0.3, -0.25) is 4.79 Å². The van der Waals surface area contributed by atoms with E-state index in [0.717, 1.165) is 23.1 Å². The summed E-state index contributed by atoms with van der Waals surface area (Å²) in [7, 11) is 0. The minimum absolute atomic E-state index is 0.00817. The van der Waals surface area contributed by atoms with Gasteiger partial charge in [0.1, 0.15) is 0 Å². The highest BCUT2D eigenvalue weighted by Crippen LogP contribution is 2.14. The minimum Gasteiger partial charge on any atom is -0.395 e. The quantitative estimate of drug-likeness (QED) is 0.890. The third-order valence-electron chi connectivity index (χ3n) is 3.79. The first-order valence-corrected chi connectivity index (χ1v) is 7.63. The number of rotatable bonds is 6. The number of hydrogen-bond acceptors (Lipinski definition) is 2. The molecule has 3 nitrogen and oxygen atoms in total. The molecule has 1 amide bonds. The second kappa shape index (κ2) is 7.76. The van der Waals surface area contributed by atoms with Crippen LogP contribution in [-0.2, 0) is 6.42 Å². The predicted molar refractivity (Wildman–Crippen MR) is 89.1 cm³/mol. The van der Waals surface area contributed by atoms with Crippen molar-refractivity contribution in [2.75, 3.05) is 19.7 Å². The molecule has 0 spiro atoms. The van der Waals surface area contributed by atoms with Crippen LogP contribution >= 0.6 is 0 Å². The van der Waals surface area contributed by atoms with E-state index in [9.17, 15) is 9.90 Å². The van der Waals surface area contributed by atoms with E-state index in [1.54, 1.807) is 4.90 Å². The zero-order chi connectivity index (χ0) is 15.9. The summed E-state index contributed by atoms with van der Waals surface area (Å²) < 4.78 is 0. The van der Waals surface area contributed by atoms with Crippen LogP contribution in [0.3, 0.4) is 0 Å². The van der Waals surface area contributed by atoms with Crippen molar-refractivity contribution < 1.29 is 9.90 Å². The highest BCUT2D eigenvalue weighted by atomic mass is 16.3. The van der Waals surface area contributed by atoms with E-state index in [1.165, 1.54) is 5.56 Å². The number of aliphatic hydroxyl groups is 1. The average Bonchev–Trinajstić information content (AvgIpc) is 2.54. The van der Waals surface area contributed by atoms with Gasteiger partial charge >= 0.3 is 0 Å². The highest BCUT2D eigenvalue weighted by molar-refractivity contribution is 5.95. The van der Waals surface area contributed by atoms with E-state index in [0.29, 0.717) is 13.1 Å². The fraction of sp³-hybridized carbons (Fsp3) is 0.316. The molecule has 3 heteroatoms. The lowest BCUT2D eigenvalue weighted by Gasteiger charge is -2.23. The van der Waals surface area contributed by atoms with Crippen LogP contribution in [-0.4, -0.2) is 35.6 Å². The SMILES string of the molecule is Cc1ccc(C)c(C(=O)N(CCO)CCc2ccccc2)c1. The monoisotopic (exact) mass is 297 g/mol. The van der Waals surface area contributed by atoms with Gasteiger partial charge < -0.3 is 10.0 Å². The van der Waals surface area contributed by atoms with Crippen LogP contribution in [0.15, 0.2) is 48.5 Å². The van der Waals surface area contributed by atoms with Gasteiger partial charge in [-0.15, -0.1) is 0 Å². The van der Waals surface area contributed by atoms with Gasteiger partial charge in [-0.2, -0.15) is 0 Å². The van der Waals surface area contributed by atoms with Crippen molar-refractivity contribution in [3.05, 3.63) is 70.8 Å². The maximum absolute atomic E-state index is 12.7. The van der Waals surface area contributed by atoms with Crippen LogP contribution in [0, 0.1) is 13.8 Å². The summed E-state index contributed by atoms with van der Waals surface area (Å²) in [5, 5.41) is 9.26. The summed E-state index contributed by atoms with van der Waals surface area (Å²) in [6.07, 6.45) is 0.789. The minimum atomic E-state index is -0.0224. The molecule has 1 N–H and O–H groups in total. The van der Waals surface area contributed by atoms with Crippen LogP contribution in [0.25, 0.3) is 0 Å². The number of carbonyl (C=O) groups excluding carboxylic acids is 1. The number of aryl methyl sites for hydroxylation is 2. The number of nitrogens with zero attached hydrogens (tertiary/aromatic N) is 1. The van der Waals surface area contributed by atoms with E-state index >= 15 is 0 Å². The Morgan fingerprint density at radius 2 is 1.77 bits per heavy atom. The fourth-order valence-corrected chi connectivity index (χ4v) is 2.48. The van der Waals surface area contributed by atoms with Crippen molar-refractivity contribution in [2.45, 2.75) is 20.3 Å².